The van der Waals surface area contributed by atoms with Gasteiger partial charge in [0, 0.05) is 17.2 Å². The number of halogens is 2. The maximum absolute atomic E-state index is 13.7. The van der Waals surface area contributed by atoms with Gasteiger partial charge in [-0.25, -0.2) is 13.6 Å². The first-order valence-electron chi connectivity index (χ1n) is 9.51. The van der Waals surface area contributed by atoms with Crippen molar-refractivity contribution < 1.29 is 13.6 Å². The Morgan fingerprint density at radius 3 is 2.07 bits per heavy atom. The van der Waals surface area contributed by atoms with Crippen molar-refractivity contribution in [2.45, 2.75) is 40.2 Å². The number of hydrogen-bond donors (Lipinski definition) is 1. The van der Waals surface area contributed by atoms with Crippen LogP contribution in [0.5, 0.6) is 0 Å². The molecule has 0 atom stereocenters. The Balaban J connectivity index is 2.29. The average molecular weight is 412 g/mol. The van der Waals surface area contributed by atoms with Gasteiger partial charge in [0.1, 0.15) is 17.3 Å². The molecule has 0 amide bonds. The van der Waals surface area contributed by atoms with Crippen LogP contribution in [0.15, 0.2) is 46.0 Å². The molecular formula is C23H22F2N2O3. The number of nitrogens with zero attached hydrogens (tertiary/aromatic N) is 1. The Hall–Kier alpha value is -3.35. The SMILES string of the molecule is Cc1cc(C)cc(C(=O)c2c(C(C)C)c(=O)[nH]c(=O)n2Cc2cc(F)cc(F)c2)c1. The molecule has 0 fully saturated rings. The fourth-order valence-electron chi connectivity index (χ4n) is 3.65. The van der Waals surface area contributed by atoms with Crippen molar-refractivity contribution in [2.75, 3.05) is 0 Å². The van der Waals surface area contributed by atoms with Crippen molar-refractivity contribution in [3.8, 4) is 0 Å². The molecule has 7 heteroatoms. The molecule has 3 aromatic rings. The highest BCUT2D eigenvalue weighted by Crippen LogP contribution is 2.21. The van der Waals surface area contributed by atoms with Crippen molar-refractivity contribution in [3.05, 3.63) is 102 Å². The van der Waals surface area contributed by atoms with Gasteiger partial charge in [-0.1, -0.05) is 31.0 Å². The average Bonchev–Trinajstić information content (AvgIpc) is 2.61. The summed E-state index contributed by atoms with van der Waals surface area (Å²) in [5.41, 5.74) is 0.811. The number of nitrogens with one attached hydrogen (secondary N) is 1. The van der Waals surface area contributed by atoms with E-state index in [0.29, 0.717) is 5.56 Å². The van der Waals surface area contributed by atoms with Gasteiger partial charge in [0.25, 0.3) is 5.56 Å². The van der Waals surface area contributed by atoms with Crippen molar-refractivity contribution in [2.24, 2.45) is 0 Å². The fraction of sp³-hybridized carbons (Fsp3) is 0.261. The third-order valence-electron chi connectivity index (χ3n) is 4.77. The number of hydrogen-bond acceptors (Lipinski definition) is 3. The van der Waals surface area contributed by atoms with Gasteiger partial charge in [0.05, 0.1) is 6.54 Å². The van der Waals surface area contributed by atoms with Gasteiger partial charge in [-0.15, -0.1) is 0 Å². The van der Waals surface area contributed by atoms with Crippen LogP contribution < -0.4 is 11.2 Å². The highest BCUT2D eigenvalue weighted by molar-refractivity contribution is 6.09. The molecule has 0 aliphatic carbocycles. The van der Waals surface area contributed by atoms with E-state index in [1.807, 2.05) is 19.9 Å². The second-order valence-corrected chi connectivity index (χ2v) is 7.75. The second kappa shape index (κ2) is 8.18. The van der Waals surface area contributed by atoms with Gasteiger partial charge in [-0.2, -0.15) is 0 Å². The lowest BCUT2D eigenvalue weighted by molar-refractivity contribution is 0.102. The van der Waals surface area contributed by atoms with Crippen LogP contribution in [0.1, 0.15) is 58.1 Å². The van der Waals surface area contributed by atoms with Crippen molar-refractivity contribution in [3.63, 3.8) is 0 Å². The summed E-state index contributed by atoms with van der Waals surface area (Å²) < 4.78 is 28.4. The molecule has 0 saturated heterocycles. The summed E-state index contributed by atoms with van der Waals surface area (Å²) in [5.74, 6) is -2.46. The molecule has 30 heavy (non-hydrogen) atoms. The number of H-pyrrole nitrogens is 1. The Kier molecular flexibility index (Phi) is 5.82. The summed E-state index contributed by atoms with van der Waals surface area (Å²) >= 11 is 0. The van der Waals surface area contributed by atoms with Crippen LogP contribution in [0.25, 0.3) is 0 Å². The lowest BCUT2D eigenvalue weighted by Gasteiger charge is -2.18. The summed E-state index contributed by atoms with van der Waals surface area (Å²) in [5, 5.41) is 0. The van der Waals surface area contributed by atoms with Crippen LogP contribution >= 0.6 is 0 Å². The van der Waals surface area contributed by atoms with E-state index < -0.39 is 28.7 Å². The standard InChI is InChI=1S/C23H22F2N2O3/c1-12(2)19-20(21(28)16-6-13(3)5-14(4)7-16)27(23(30)26-22(19)29)11-15-8-17(24)10-18(25)9-15/h5-10,12H,11H2,1-4H3,(H,26,29,30). The van der Waals surface area contributed by atoms with Gasteiger partial charge < -0.3 is 0 Å². The molecular weight excluding hydrogens is 390 g/mol. The van der Waals surface area contributed by atoms with E-state index in [9.17, 15) is 23.2 Å². The Morgan fingerprint density at radius 2 is 1.53 bits per heavy atom. The van der Waals surface area contributed by atoms with Crippen LogP contribution in [0.2, 0.25) is 0 Å². The molecule has 1 heterocycles. The molecule has 5 nitrogen and oxygen atoms in total. The minimum Gasteiger partial charge on any atom is -0.287 e. The van der Waals surface area contributed by atoms with Crippen LogP contribution in [-0.2, 0) is 6.54 Å². The third-order valence-corrected chi connectivity index (χ3v) is 4.77. The molecule has 0 bridgehead atoms. The summed E-state index contributed by atoms with van der Waals surface area (Å²) in [6.45, 7) is 6.88. The molecule has 0 spiro atoms. The van der Waals surface area contributed by atoms with Gasteiger partial charge in [-0.05, 0) is 49.6 Å². The van der Waals surface area contributed by atoms with Crippen molar-refractivity contribution in [1.82, 2.24) is 9.55 Å². The predicted molar refractivity (Wildman–Crippen MR) is 110 cm³/mol. The summed E-state index contributed by atoms with van der Waals surface area (Å²) in [6, 6.07) is 8.15. The van der Waals surface area contributed by atoms with Gasteiger partial charge in [0.15, 0.2) is 0 Å². The van der Waals surface area contributed by atoms with Gasteiger partial charge >= 0.3 is 5.69 Å². The zero-order valence-corrected chi connectivity index (χ0v) is 17.2. The minimum absolute atomic E-state index is 0.0755. The molecule has 0 unspecified atom stereocenters. The normalized spacial score (nSPS) is 11.2. The Labute approximate surface area is 172 Å². The summed E-state index contributed by atoms with van der Waals surface area (Å²) in [4.78, 5) is 40.9. The fourth-order valence-corrected chi connectivity index (χ4v) is 3.65. The zero-order valence-electron chi connectivity index (χ0n) is 17.2. The van der Waals surface area contributed by atoms with E-state index in [-0.39, 0.29) is 29.3 Å². The number of aromatic nitrogens is 2. The van der Waals surface area contributed by atoms with Gasteiger partial charge in [0.2, 0.25) is 5.78 Å². The maximum Gasteiger partial charge on any atom is 0.329 e. The van der Waals surface area contributed by atoms with E-state index in [4.69, 9.17) is 0 Å². The zero-order chi connectivity index (χ0) is 22.2. The number of carbonyl (C=O) groups excluding carboxylic acids is 1. The lowest BCUT2D eigenvalue weighted by Crippen LogP contribution is -2.38. The topological polar surface area (TPSA) is 71.9 Å². The first-order chi connectivity index (χ1) is 14.1. The lowest BCUT2D eigenvalue weighted by atomic mass is 9.95. The quantitative estimate of drug-likeness (QED) is 0.648. The van der Waals surface area contributed by atoms with Crippen molar-refractivity contribution in [1.29, 1.82) is 0 Å². The van der Waals surface area contributed by atoms with E-state index >= 15 is 0 Å². The van der Waals surface area contributed by atoms with Crippen LogP contribution in [0.4, 0.5) is 8.78 Å². The van der Waals surface area contributed by atoms with E-state index in [2.05, 4.69) is 4.98 Å². The van der Waals surface area contributed by atoms with Crippen LogP contribution in [0, 0.1) is 25.5 Å². The predicted octanol–water partition coefficient (Wildman–Crippen LogP) is 3.83. The molecule has 1 N–H and O–H groups in total. The monoisotopic (exact) mass is 412 g/mol. The maximum atomic E-state index is 13.7. The molecule has 0 aliphatic heterocycles. The van der Waals surface area contributed by atoms with E-state index in [1.54, 1.807) is 26.0 Å². The molecule has 1 aromatic heterocycles. The summed E-state index contributed by atoms with van der Waals surface area (Å²) in [7, 11) is 0. The van der Waals surface area contributed by atoms with E-state index in [1.165, 1.54) is 0 Å². The minimum atomic E-state index is -0.818. The molecule has 2 aromatic carbocycles. The van der Waals surface area contributed by atoms with Crippen LogP contribution in [0.3, 0.4) is 0 Å². The Morgan fingerprint density at radius 1 is 0.967 bits per heavy atom. The Bertz CT molecular complexity index is 1220. The number of rotatable bonds is 5. The first kappa shape index (κ1) is 21.4. The summed E-state index contributed by atoms with van der Waals surface area (Å²) in [6.07, 6.45) is 0. The third kappa shape index (κ3) is 4.30. The highest BCUT2D eigenvalue weighted by Gasteiger charge is 2.25. The number of benzene rings is 2. The number of ketones is 1. The first-order valence-corrected chi connectivity index (χ1v) is 9.51. The van der Waals surface area contributed by atoms with Crippen LogP contribution in [-0.4, -0.2) is 15.3 Å². The molecule has 156 valence electrons. The van der Waals surface area contributed by atoms with Gasteiger partial charge in [-0.3, -0.25) is 19.1 Å². The largest absolute Gasteiger partial charge is 0.329 e. The molecule has 0 saturated carbocycles. The van der Waals surface area contributed by atoms with E-state index in [0.717, 1.165) is 33.9 Å². The number of aryl methyl sites for hydroxylation is 2. The number of carbonyl (C=O) groups is 1. The number of aromatic amines is 1. The van der Waals surface area contributed by atoms with Crippen molar-refractivity contribution >= 4 is 5.78 Å². The molecule has 3 rings (SSSR count). The smallest absolute Gasteiger partial charge is 0.287 e. The second-order valence-electron chi connectivity index (χ2n) is 7.75. The molecule has 0 radical (unpaired) electrons. The highest BCUT2D eigenvalue weighted by atomic mass is 19.1. The molecule has 0 aliphatic rings.